The fourth-order valence-corrected chi connectivity index (χ4v) is 1.10. The van der Waals surface area contributed by atoms with Crippen LogP contribution >= 0.6 is 15.9 Å². The van der Waals surface area contributed by atoms with Crippen LogP contribution in [-0.4, -0.2) is 32.3 Å². The molecule has 1 amide bonds. The topological polar surface area (TPSA) is 59.8 Å². The van der Waals surface area contributed by atoms with Gasteiger partial charge in [0.15, 0.2) is 0 Å². The van der Waals surface area contributed by atoms with Crippen molar-refractivity contribution in [3.05, 3.63) is 12.4 Å². The van der Waals surface area contributed by atoms with E-state index in [1.165, 1.54) is 0 Å². The SMILES string of the molecule is CCC(Br)C(=O)NCCn1ccnn1. The van der Waals surface area contributed by atoms with Gasteiger partial charge < -0.3 is 5.32 Å². The van der Waals surface area contributed by atoms with Crippen molar-refractivity contribution in [2.45, 2.75) is 24.7 Å². The Bertz CT molecular complexity index is 275. The van der Waals surface area contributed by atoms with Gasteiger partial charge in [-0.1, -0.05) is 28.1 Å². The van der Waals surface area contributed by atoms with E-state index in [0.717, 1.165) is 6.42 Å². The predicted molar refractivity (Wildman–Crippen MR) is 56.0 cm³/mol. The van der Waals surface area contributed by atoms with E-state index in [9.17, 15) is 4.79 Å². The first kappa shape index (κ1) is 11.2. The summed E-state index contributed by atoms with van der Waals surface area (Å²) in [6, 6.07) is 0. The average Bonchev–Trinajstić information content (AvgIpc) is 2.69. The number of amides is 1. The maximum absolute atomic E-state index is 11.3. The molecule has 78 valence electrons. The second-order valence-corrected chi connectivity index (χ2v) is 3.94. The van der Waals surface area contributed by atoms with Gasteiger partial charge in [0, 0.05) is 12.7 Å². The van der Waals surface area contributed by atoms with Crippen LogP contribution in [0.2, 0.25) is 0 Å². The zero-order valence-electron chi connectivity index (χ0n) is 7.98. The van der Waals surface area contributed by atoms with Crippen LogP contribution in [0.25, 0.3) is 0 Å². The predicted octanol–water partition coefficient (Wildman–Crippen LogP) is 0.568. The summed E-state index contributed by atoms with van der Waals surface area (Å²) in [5.74, 6) is 0.0209. The Morgan fingerprint density at radius 2 is 2.50 bits per heavy atom. The van der Waals surface area contributed by atoms with E-state index in [0.29, 0.717) is 13.1 Å². The Hall–Kier alpha value is -0.910. The molecule has 1 atom stereocenters. The van der Waals surface area contributed by atoms with Gasteiger partial charge in [-0.3, -0.25) is 9.48 Å². The molecule has 1 aromatic rings. The fourth-order valence-electron chi connectivity index (χ4n) is 0.942. The highest BCUT2D eigenvalue weighted by Gasteiger charge is 2.10. The molecule has 0 fully saturated rings. The number of carbonyl (C=O) groups is 1. The number of aromatic nitrogens is 3. The number of carbonyl (C=O) groups excluding carboxylic acids is 1. The summed E-state index contributed by atoms with van der Waals surface area (Å²) in [5, 5.41) is 10.2. The number of alkyl halides is 1. The molecule has 0 aliphatic heterocycles. The van der Waals surface area contributed by atoms with E-state index in [-0.39, 0.29) is 10.7 Å². The smallest absolute Gasteiger partial charge is 0.233 e. The van der Waals surface area contributed by atoms with E-state index in [1.807, 2.05) is 6.92 Å². The van der Waals surface area contributed by atoms with Gasteiger partial charge in [0.25, 0.3) is 0 Å². The molecule has 0 radical (unpaired) electrons. The van der Waals surface area contributed by atoms with Crippen molar-refractivity contribution in [3.63, 3.8) is 0 Å². The largest absolute Gasteiger partial charge is 0.353 e. The Morgan fingerprint density at radius 3 is 3.07 bits per heavy atom. The highest BCUT2D eigenvalue weighted by Crippen LogP contribution is 2.03. The molecule has 14 heavy (non-hydrogen) atoms. The van der Waals surface area contributed by atoms with Gasteiger partial charge in [0.05, 0.1) is 17.6 Å². The van der Waals surface area contributed by atoms with Crippen molar-refractivity contribution in [2.75, 3.05) is 6.54 Å². The van der Waals surface area contributed by atoms with Crippen molar-refractivity contribution in [2.24, 2.45) is 0 Å². The Balaban J connectivity index is 2.18. The van der Waals surface area contributed by atoms with Crippen LogP contribution in [0.5, 0.6) is 0 Å². The van der Waals surface area contributed by atoms with Crippen LogP contribution in [-0.2, 0) is 11.3 Å². The van der Waals surface area contributed by atoms with Gasteiger partial charge in [-0.15, -0.1) is 5.10 Å². The van der Waals surface area contributed by atoms with E-state index in [2.05, 4.69) is 31.6 Å². The van der Waals surface area contributed by atoms with Crippen LogP contribution in [0.15, 0.2) is 12.4 Å². The minimum Gasteiger partial charge on any atom is -0.353 e. The third-order valence-electron chi connectivity index (χ3n) is 1.75. The first-order valence-corrected chi connectivity index (χ1v) is 5.41. The molecule has 1 N–H and O–H groups in total. The van der Waals surface area contributed by atoms with Crippen molar-refractivity contribution in [1.29, 1.82) is 0 Å². The van der Waals surface area contributed by atoms with Gasteiger partial charge in [0.1, 0.15) is 0 Å². The number of rotatable bonds is 5. The van der Waals surface area contributed by atoms with E-state index in [4.69, 9.17) is 0 Å². The molecule has 1 aromatic heterocycles. The molecule has 0 aliphatic rings. The van der Waals surface area contributed by atoms with Crippen LogP contribution in [0.3, 0.4) is 0 Å². The number of nitrogens with one attached hydrogen (secondary N) is 1. The van der Waals surface area contributed by atoms with Crippen LogP contribution in [0.1, 0.15) is 13.3 Å². The van der Waals surface area contributed by atoms with Gasteiger partial charge >= 0.3 is 0 Å². The molecule has 0 bridgehead atoms. The first-order chi connectivity index (χ1) is 6.74. The lowest BCUT2D eigenvalue weighted by molar-refractivity contribution is -0.120. The molecule has 6 heteroatoms. The maximum Gasteiger partial charge on any atom is 0.233 e. The van der Waals surface area contributed by atoms with Crippen molar-refractivity contribution < 1.29 is 4.79 Å². The molecule has 1 heterocycles. The zero-order chi connectivity index (χ0) is 10.4. The lowest BCUT2D eigenvalue weighted by Crippen LogP contribution is -2.33. The van der Waals surface area contributed by atoms with Crippen LogP contribution in [0.4, 0.5) is 0 Å². The fraction of sp³-hybridized carbons (Fsp3) is 0.625. The molecule has 0 aromatic carbocycles. The Morgan fingerprint density at radius 1 is 1.71 bits per heavy atom. The van der Waals surface area contributed by atoms with Gasteiger partial charge in [-0.05, 0) is 6.42 Å². The molecule has 0 spiro atoms. The molecule has 5 nitrogen and oxygen atoms in total. The number of nitrogens with zero attached hydrogens (tertiary/aromatic N) is 3. The highest BCUT2D eigenvalue weighted by atomic mass is 79.9. The summed E-state index contributed by atoms with van der Waals surface area (Å²) in [5.41, 5.74) is 0. The lowest BCUT2D eigenvalue weighted by Gasteiger charge is -2.07. The number of hydrogen-bond donors (Lipinski definition) is 1. The second-order valence-electron chi connectivity index (χ2n) is 2.83. The van der Waals surface area contributed by atoms with Crippen LogP contribution < -0.4 is 5.32 Å². The Labute approximate surface area is 91.0 Å². The number of hydrogen-bond acceptors (Lipinski definition) is 3. The zero-order valence-corrected chi connectivity index (χ0v) is 9.57. The first-order valence-electron chi connectivity index (χ1n) is 4.50. The van der Waals surface area contributed by atoms with Crippen LogP contribution in [0, 0.1) is 0 Å². The summed E-state index contributed by atoms with van der Waals surface area (Å²) in [6.07, 6.45) is 4.16. The summed E-state index contributed by atoms with van der Waals surface area (Å²) in [4.78, 5) is 11.2. The summed E-state index contributed by atoms with van der Waals surface area (Å²) in [6.45, 7) is 3.18. The molecule has 0 aliphatic carbocycles. The monoisotopic (exact) mass is 260 g/mol. The molecule has 1 rings (SSSR count). The molecular weight excluding hydrogens is 248 g/mol. The minimum absolute atomic E-state index is 0.0209. The lowest BCUT2D eigenvalue weighted by atomic mass is 10.3. The summed E-state index contributed by atoms with van der Waals surface area (Å²) >= 11 is 3.27. The summed E-state index contributed by atoms with van der Waals surface area (Å²) in [7, 11) is 0. The normalized spacial score (nSPS) is 12.4. The highest BCUT2D eigenvalue weighted by molar-refractivity contribution is 9.10. The van der Waals surface area contributed by atoms with Gasteiger partial charge in [-0.2, -0.15) is 0 Å². The maximum atomic E-state index is 11.3. The van der Waals surface area contributed by atoms with E-state index < -0.39 is 0 Å². The van der Waals surface area contributed by atoms with E-state index in [1.54, 1.807) is 17.1 Å². The standard InChI is InChI=1S/C8H13BrN4O/c1-2-7(9)8(14)10-3-5-13-6-4-11-12-13/h4,6-7H,2-3,5H2,1H3,(H,10,14). The quantitative estimate of drug-likeness (QED) is 0.788. The average molecular weight is 261 g/mol. The molecule has 0 saturated carbocycles. The van der Waals surface area contributed by atoms with Crippen molar-refractivity contribution in [1.82, 2.24) is 20.3 Å². The Kier molecular flexibility index (Phi) is 4.58. The van der Waals surface area contributed by atoms with Gasteiger partial charge in [-0.25, -0.2) is 0 Å². The second kappa shape index (κ2) is 5.74. The third-order valence-corrected chi connectivity index (χ3v) is 2.82. The molecule has 0 saturated heterocycles. The van der Waals surface area contributed by atoms with Crippen molar-refractivity contribution in [3.8, 4) is 0 Å². The molecule has 1 unspecified atom stereocenters. The van der Waals surface area contributed by atoms with E-state index >= 15 is 0 Å². The van der Waals surface area contributed by atoms with Crippen molar-refractivity contribution >= 4 is 21.8 Å². The third kappa shape index (κ3) is 3.45. The molecular formula is C8H13BrN4O. The number of halogens is 1. The van der Waals surface area contributed by atoms with Gasteiger partial charge in [0.2, 0.25) is 5.91 Å². The summed E-state index contributed by atoms with van der Waals surface area (Å²) < 4.78 is 1.68. The minimum atomic E-state index is -0.0988.